The van der Waals surface area contributed by atoms with Crippen LogP contribution in [0.15, 0.2) is 29.0 Å². The lowest BCUT2D eigenvalue weighted by Crippen LogP contribution is -2.27. The van der Waals surface area contributed by atoms with E-state index in [-0.39, 0.29) is 0 Å². The monoisotopic (exact) mass is 333 g/mol. The molecule has 0 atom stereocenters. The van der Waals surface area contributed by atoms with Crippen LogP contribution in [0.1, 0.15) is 32.1 Å². The van der Waals surface area contributed by atoms with Crippen LogP contribution in [0.3, 0.4) is 0 Å². The van der Waals surface area contributed by atoms with E-state index in [4.69, 9.17) is 0 Å². The average molecular weight is 334 g/mol. The summed E-state index contributed by atoms with van der Waals surface area (Å²) in [5.74, 6) is 0.826. The molecule has 0 spiro atoms. The van der Waals surface area contributed by atoms with Crippen molar-refractivity contribution < 1.29 is 0 Å². The van der Waals surface area contributed by atoms with E-state index >= 15 is 0 Å². The molecule has 106 valence electrons. The molecular weight excluding hydrogens is 314 g/mol. The zero-order valence-electron chi connectivity index (χ0n) is 11.8. The molecule has 4 heteroatoms. The van der Waals surface area contributed by atoms with Gasteiger partial charge in [-0.05, 0) is 46.8 Å². The third-order valence-electron chi connectivity index (χ3n) is 4.19. The van der Waals surface area contributed by atoms with Crippen LogP contribution in [0, 0.1) is 5.92 Å². The fourth-order valence-corrected chi connectivity index (χ4v) is 3.47. The van der Waals surface area contributed by atoms with Crippen molar-refractivity contribution in [3.05, 3.63) is 29.0 Å². The maximum absolute atomic E-state index is 4.54. The molecule has 0 bridgehead atoms. The van der Waals surface area contributed by atoms with E-state index in [1.807, 2.05) is 18.5 Å². The smallest absolute Gasteiger partial charge is 0.112 e. The zero-order chi connectivity index (χ0) is 13.9. The number of halogens is 1. The molecule has 0 radical (unpaired) electrons. The van der Waals surface area contributed by atoms with E-state index in [0.717, 1.165) is 28.0 Å². The van der Waals surface area contributed by atoms with Crippen LogP contribution in [0.25, 0.3) is 11.0 Å². The molecule has 2 aromatic rings. The molecule has 0 aliphatic heterocycles. The Morgan fingerprint density at radius 1 is 1.25 bits per heavy atom. The van der Waals surface area contributed by atoms with E-state index in [9.17, 15) is 0 Å². The minimum Gasteiger partial charge on any atom is -0.372 e. The van der Waals surface area contributed by atoms with Crippen molar-refractivity contribution in [2.75, 3.05) is 18.5 Å². The molecular formula is C16H20BrN3. The normalized spacial score (nSPS) is 16.5. The van der Waals surface area contributed by atoms with Crippen LogP contribution in [-0.2, 0) is 0 Å². The van der Waals surface area contributed by atoms with Crippen LogP contribution in [0.4, 0.5) is 5.69 Å². The summed E-state index contributed by atoms with van der Waals surface area (Å²) in [6.45, 7) is 1.12. The average Bonchev–Trinajstić information content (AvgIpc) is 2.47. The van der Waals surface area contributed by atoms with Gasteiger partial charge in [0.05, 0.1) is 11.2 Å². The van der Waals surface area contributed by atoms with Gasteiger partial charge in [0.1, 0.15) is 5.52 Å². The highest BCUT2D eigenvalue weighted by atomic mass is 79.9. The number of hydrogen-bond acceptors (Lipinski definition) is 3. The van der Waals surface area contributed by atoms with Gasteiger partial charge < -0.3 is 4.90 Å². The number of anilines is 1. The summed E-state index contributed by atoms with van der Waals surface area (Å²) in [6.07, 6.45) is 10.7. The quantitative estimate of drug-likeness (QED) is 0.833. The van der Waals surface area contributed by atoms with Crippen molar-refractivity contribution in [1.29, 1.82) is 0 Å². The van der Waals surface area contributed by atoms with Gasteiger partial charge in [0.25, 0.3) is 0 Å². The molecule has 3 rings (SSSR count). The first-order valence-electron chi connectivity index (χ1n) is 7.35. The summed E-state index contributed by atoms with van der Waals surface area (Å²) in [5.41, 5.74) is 3.13. The molecule has 1 fully saturated rings. The molecule has 3 nitrogen and oxygen atoms in total. The highest BCUT2D eigenvalue weighted by molar-refractivity contribution is 9.10. The summed E-state index contributed by atoms with van der Waals surface area (Å²) in [4.78, 5) is 11.3. The number of hydrogen-bond donors (Lipinski definition) is 0. The highest BCUT2D eigenvalue weighted by Gasteiger charge is 2.17. The molecule has 1 aliphatic rings. The van der Waals surface area contributed by atoms with Gasteiger partial charge >= 0.3 is 0 Å². The first-order valence-corrected chi connectivity index (χ1v) is 8.15. The Bertz CT molecular complexity index is 593. The Labute approximate surface area is 128 Å². The van der Waals surface area contributed by atoms with Gasteiger partial charge in [-0.1, -0.05) is 19.3 Å². The van der Waals surface area contributed by atoms with E-state index in [2.05, 4.69) is 43.9 Å². The molecule has 2 aromatic heterocycles. The van der Waals surface area contributed by atoms with E-state index in [1.165, 1.54) is 37.8 Å². The fraction of sp³-hybridized carbons (Fsp3) is 0.500. The van der Waals surface area contributed by atoms with Crippen molar-refractivity contribution in [2.24, 2.45) is 5.92 Å². The fourth-order valence-electron chi connectivity index (χ4n) is 3.15. The second-order valence-corrected chi connectivity index (χ2v) is 6.65. The van der Waals surface area contributed by atoms with Crippen LogP contribution in [0.2, 0.25) is 0 Å². The molecule has 0 amide bonds. The molecule has 20 heavy (non-hydrogen) atoms. The summed E-state index contributed by atoms with van der Waals surface area (Å²) in [6, 6.07) is 4.10. The molecule has 1 aliphatic carbocycles. The zero-order valence-corrected chi connectivity index (χ0v) is 13.4. The largest absolute Gasteiger partial charge is 0.372 e. The lowest BCUT2D eigenvalue weighted by molar-refractivity contribution is 0.362. The SMILES string of the molecule is CN(CC1CCCCC1)c1ccnc2cc(Br)cnc12. The number of rotatable bonds is 3. The van der Waals surface area contributed by atoms with E-state index in [0.29, 0.717) is 0 Å². The van der Waals surface area contributed by atoms with Crippen molar-refractivity contribution >= 4 is 32.7 Å². The number of pyridine rings is 2. The van der Waals surface area contributed by atoms with Gasteiger partial charge in [-0.3, -0.25) is 9.97 Å². The Balaban J connectivity index is 1.85. The predicted octanol–water partition coefficient (Wildman–Crippen LogP) is 4.41. The number of fused-ring (bicyclic) bond motifs is 1. The third kappa shape index (κ3) is 2.95. The molecule has 2 heterocycles. The minimum absolute atomic E-state index is 0.826. The summed E-state index contributed by atoms with van der Waals surface area (Å²) in [7, 11) is 2.17. The minimum atomic E-state index is 0.826. The Kier molecular flexibility index (Phi) is 4.20. The molecule has 1 saturated carbocycles. The van der Waals surface area contributed by atoms with Crippen LogP contribution in [0.5, 0.6) is 0 Å². The summed E-state index contributed by atoms with van der Waals surface area (Å²) >= 11 is 3.46. The second-order valence-electron chi connectivity index (χ2n) is 5.74. The van der Waals surface area contributed by atoms with Gasteiger partial charge in [0, 0.05) is 30.5 Å². The van der Waals surface area contributed by atoms with Crippen molar-refractivity contribution in [3.8, 4) is 0 Å². The van der Waals surface area contributed by atoms with Gasteiger partial charge in [-0.25, -0.2) is 0 Å². The van der Waals surface area contributed by atoms with Crippen LogP contribution < -0.4 is 4.90 Å². The van der Waals surface area contributed by atoms with Gasteiger partial charge in [-0.2, -0.15) is 0 Å². The molecule has 0 aromatic carbocycles. The van der Waals surface area contributed by atoms with Crippen LogP contribution in [-0.4, -0.2) is 23.6 Å². The van der Waals surface area contributed by atoms with E-state index < -0.39 is 0 Å². The lowest BCUT2D eigenvalue weighted by atomic mass is 9.89. The molecule has 0 N–H and O–H groups in total. The third-order valence-corrected chi connectivity index (χ3v) is 4.62. The van der Waals surface area contributed by atoms with Crippen molar-refractivity contribution in [3.63, 3.8) is 0 Å². The second kappa shape index (κ2) is 6.08. The Morgan fingerprint density at radius 2 is 2.05 bits per heavy atom. The summed E-state index contributed by atoms with van der Waals surface area (Å²) in [5, 5.41) is 0. The standard InChI is InChI=1S/C16H20BrN3/c1-20(11-12-5-3-2-4-6-12)15-7-8-18-14-9-13(17)10-19-16(14)15/h7-10,12H,2-6,11H2,1H3. The predicted molar refractivity (Wildman–Crippen MR) is 87.1 cm³/mol. The Hall–Kier alpha value is -1.16. The Morgan fingerprint density at radius 3 is 2.85 bits per heavy atom. The summed E-state index contributed by atoms with van der Waals surface area (Å²) < 4.78 is 0.976. The maximum Gasteiger partial charge on any atom is 0.112 e. The first-order chi connectivity index (χ1) is 9.74. The molecule has 0 saturated heterocycles. The maximum atomic E-state index is 4.54. The lowest BCUT2D eigenvalue weighted by Gasteiger charge is -2.28. The first kappa shape index (κ1) is 13.8. The van der Waals surface area contributed by atoms with E-state index in [1.54, 1.807) is 0 Å². The topological polar surface area (TPSA) is 29.0 Å². The molecule has 0 unspecified atom stereocenters. The number of nitrogens with zero attached hydrogens (tertiary/aromatic N) is 3. The van der Waals surface area contributed by atoms with Gasteiger partial charge in [0.15, 0.2) is 0 Å². The van der Waals surface area contributed by atoms with Crippen molar-refractivity contribution in [2.45, 2.75) is 32.1 Å². The van der Waals surface area contributed by atoms with Crippen LogP contribution >= 0.6 is 15.9 Å². The van der Waals surface area contributed by atoms with Gasteiger partial charge in [-0.15, -0.1) is 0 Å². The van der Waals surface area contributed by atoms with Gasteiger partial charge in [0.2, 0.25) is 0 Å². The van der Waals surface area contributed by atoms with Crippen molar-refractivity contribution in [1.82, 2.24) is 9.97 Å². The highest BCUT2D eigenvalue weighted by Crippen LogP contribution is 2.28. The number of aromatic nitrogens is 2.